The number of aromatic nitrogens is 2. The Balaban J connectivity index is 1.84. The minimum atomic E-state index is 0.333. The summed E-state index contributed by atoms with van der Waals surface area (Å²) in [5.41, 5.74) is 2.07. The number of ether oxygens (including phenoxy) is 1. The monoisotopic (exact) mass is 307 g/mol. The molecule has 0 amide bonds. The summed E-state index contributed by atoms with van der Waals surface area (Å²) in [6.45, 7) is 6.98. The van der Waals surface area contributed by atoms with Gasteiger partial charge < -0.3 is 14.6 Å². The van der Waals surface area contributed by atoms with Crippen molar-refractivity contribution < 1.29 is 4.74 Å². The molecule has 4 nitrogen and oxygen atoms in total. The van der Waals surface area contributed by atoms with Gasteiger partial charge in [-0.25, -0.2) is 4.98 Å². The fourth-order valence-electron chi connectivity index (χ4n) is 2.95. The molecule has 0 radical (unpaired) electrons. The Kier molecular flexibility index (Phi) is 4.48. The van der Waals surface area contributed by atoms with Gasteiger partial charge in [0, 0.05) is 11.1 Å². The third-order valence-corrected chi connectivity index (χ3v) is 4.21. The molecule has 2 heterocycles. The highest BCUT2D eigenvalue weighted by Gasteiger charge is 2.17. The number of rotatable bonds is 4. The van der Waals surface area contributed by atoms with Crippen LogP contribution in [0, 0.1) is 0 Å². The number of benzene rings is 1. The zero-order valence-electron chi connectivity index (χ0n) is 12.6. The molecule has 3 rings (SSSR count). The van der Waals surface area contributed by atoms with Crippen molar-refractivity contribution in [2.75, 3.05) is 13.1 Å². The summed E-state index contributed by atoms with van der Waals surface area (Å²) in [6, 6.07) is 6.18. The third kappa shape index (κ3) is 3.23. The van der Waals surface area contributed by atoms with Crippen LogP contribution in [0.5, 0.6) is 0 Å². The van der Waals surface area contributed by atoms with Crippen LogP contribution in [0.4, 0.5) is 0 Å². The van der Waals surface area contributed by atoms with Crippen molar-refractivity contribution in [3.63, 3.8) is 0 Å². The summed E-state index contributed by atoms with van der Waals surface area (Å²) in [4.78, 5) is 4.72. The lowest BCUT2D eigenvalue weighted by atomic mass is 10.1. The molecule has 1 aromatic heterocycles. The van der Waals surface area contributed by atoms with Gasteiger partial charge in [0.2, 0.25) is 0 Å². The quantitative estimate of drug-likeness (QED) is 0.939. The van der Waals surface area contributed by atoms with Crippen molar-refractivity contribution >= 4 is 22.6 Å². The van der Waals surface area contributed by atoms with Crippen LogP contribution in [0.15, 0.2) is 18.2 Å². The van der Waals surface area contributed by atoms with Gasteiger partial charge in [0.15, 0.2) is 0 Å². The number of halogens is 1. The molecule has 1 aliphatic rings. The first-order valence-corrected chi connectivity index (χ1v) is 8.01. The number of nitrogens with one attached hydrogen (secondary N) is 1. The van der Waals surface area contributed by atoms with E-state index in [0.717, 1.165) is 47.8 Å². The Hall–Kier alpha value is -1.10. The van der Waals surface area contributed by atoms with Crippen LogP contribution < -0.4 is 5.32 Å². The van der Waals surface area contributed by atoms with E-state index in [1.54, 1.807) is 0 Å². The molecular formula is C16H22ClN3O. The van der Waals surface area contributed by atoms with Crippen LogP contribution in [0.25, 0.3) is 11.0 Å². The fourth-order valence-corrected chi connectivity index (χ4v) is 3.11. The normalized spacial score (nSPS) is 17.0. The highest BCUT2D eigenvalue weighted by Crippen LogP contribution is 2.25. The molecule has 0 bridgehead atoms. The summed E-state index contributed by atoms with van der Waals surface area (Å²) in [5.74, 6) is 0.987. The fraction of sp³-hybridized carbons (Fsp3) is 0.562. The van der Waals surface area contributed by atoms with Gasteiger partial charge in [-0.05, 0) is 58.0 Å². The van der Waals surface area contributed by atoms with Gasteiger partial charge in [-0.2, -0.15) is 0 Å². The molecule has 1 saturated heterocycles. The van der Waals surface area contributed by atoms with E-state index in [-0.39, 0.29) is 0 Å². The molecule has 1 aromatic carbocycles. The van der Waals surface area contributed by atoms with E-state index in [1.165, 1.54) is 0 Å². The van der Waals surface area contributed by atoms with E-state index >= 15 is 0 Å². The maximum Gasteiger partial charge on any atom is 0.136 e. The van der Waals surface area contributed by atoms with E-state index in [0.29, 0.717) is 18.8 Å². The van der Waals surface area contributed by atoms with Crippen molar-refractivity contribution in [2.45, 2.75) is 45.4 Å². The average Bonchev–Trinajstić information content (AvgIpc) is 2.84. The molecule has 114 valence electrons. The summed E-state index contributed by atoms with van der Waals surface area (Å²) >= 11 is 6.12. The van der Waals surface area contributed by atoms with Crippen LogP contribution in [0.2, 0.25) is 5.02 Å². The lowest BCUT2D eigenvalue weighted by Gasteiger charge is -2.23. The van der Waals surface area contributed by atoms with E-state index in [4.69, 9.17) is 21.3 Å². The second-order valence-electron chi connectivity index (χ2n) is 5.89. The molecule has 1 aliphatic heterocycles. The number of imidazole rings is 1. The average molecular weight is 308 g/mol. The van der Waals surface area contributed by atoms with Crippen LogP contribution in [-0.2, 0) is 11.3 Å². The maximum absolute atomic E-state index is 6.12. The zero-order valence-corrected chi connectivity index (χ0v) is 13.4. The second kappa shape index (κ2) is 6.34. The van der Waals surface area contributed by atoms with Crippen molar-refractivity contribution in [3.8, 4) is 0 Å². The maximum atomic E-state index is 6.12. The lowest BCUT2D eigenvalue weighted by molar-refractivity contribution is 0.0163. The zero-order chi connectivity index (χ0) is 14.8. The van der Waals surface area contributed by atoms with Crippen LogP contribution in [-0.4, -0.2) is 28.7 Å². The Bertz CT molecular complexity index is 617. The summed E-state index contributed by atoms with van der Waals surface area (Å²) in [5, 5.41) is 4.10. The van der Waals surface area contributed by atoms with Gasteiger partial charge in [0.05, 0.1) is 17.1 Å². The molecule has 21 heavy (non-hydrogen) atoms. The van der Waals surface area contributed by atoms with Crippen molar-refractivity contribution in [1.29, 1.82) is 0 Å². The lowest BCUT2D eigenvalue weighted by Crippen LogP contribution is -2.32. The van der Waals surface area contributed by atoms with Gasteiger partial charge >= 0.3 is 0 Å². The van der Waals surface area contributed by atoms with E-state index in [1.807, 2.05) is 18.2 Å². The highest BCUT2D eigenvalue weighted by atomic mass is 35.5. The number of hydrogen-bond acceptors (Lipinski definition) is 3. The third-order valence-electron chi connectivity index (χ3n) is 3.98. The summed E-state index contributed by atoms with van der Waals surface area (Å²) < 4.78 is 8.29. The Morgan fingerprint density at radius 2 is 2.14 bits per heavy atom. The smallest absolute Gasteiger partial charge is 0.136 e. The van der Waals surface area contributed by atoms with Gasteiger partial charge in [0.1, 0.15) is 12.4 Å². The van der Waals surface area contributed by atoms with Crippen molar-refractivity contribution in [2.24, 2.45) is 0 Å². The number of hydrogen-bond donors (Lipinski definition) is 1. The SMILES string of the molecule is CC(C)n1c(COC2CCNCC2)nc2ccc(Cl)cc21. The predicted octanol–water partition coefficient (Wildman–Crippen LogP) is 3.54. The molecule has 0 unspecified atom stereocenters. The minimum Gasteiger partial charge on any atom is -0.370 e. The standard InChI is InChI=1S/C16H22ClN3O/c1-11(2)20-15-9-12(17)3-4-14(15)19-16(20)10-21-13-5-7-18-8-6-13/h3-4,9,11,13,18H,5-8,10H2,1-2H3. The Morgan fingerprint density at radius 1 is 1.38 bits per heavy atom. The van der Waals surface area contributed by atoms with E-state index in [2.05, 4.69) is 23.7 Å². The number of nitrogens with zero attached hydrogens (tertiary/aromatic N) is 2. The van der Waals surface area contributed by atoms with Gasteiger partial charge in [0.25, 0.3) is 0 Å². The predicted molar refractivity (Wildman–Crippen MR) is 85.8 cm³/mol. The van der Waals surface area contributed by atoms with Crippen molar-refractivity contribution in [3.05, 3.63) is 29.0 Å². The van der Waals surface area contributed by atoms with Crippen LogP contribution in [0.1, 0.15) is 38.6 Å². The molecule has 1 N–H and O–H groups in total. The minimum absolute atomic E-state index is 0.333. The largest absolute Gasteiger partial charge is 0.370 e. The number of fused-ring (bicyclic) bond motifs is 1. The van der Waals surface area contributed by atoms with Gasteiger partial charge in [-0.1, -0.05) is 11.6 Å². The Morgan fingerprint density at radius 3 is 2.86 bits per heavy atom. The molecule has 1 fully saturated rings. The van der Waals surface area contributed by atoms with E-state index < -0.39 is 0 Å². The molecule has 0 saturated carbocycles. The van der Waals surface area contributed by atoms with Gasteiger partial charge in [-0.15, -0.1) is 0 Å². The van der Waals surface area contributed by atoms with Crippen LogP contribution in [0.3, 0.4) is 0 Å². The second-order valence-corrected chi connectivity index (χ2v) is 6.32. The summed E-state index contributed by atoms with van der Waals surface area (Å²) in [7, 11) is 0. The highest BCUT2D eigenvalue weighted by molar-refractivity contribution is 6.31. The van der Waals surface area contributed by atoms with Crippen molar-refractivity contribution in [1.82, 2.24) is 14.9 Å². The first-order chi connectivity index (χ1) is 10.1. The first-order valence-electron chi connectivity index (χ1n) is 7.64. The van der Waals surface area contributed by atoms with Crippen LogP contribution >= 0.6 is 11.6 Å². The molecule has 0 aliphatic carbocycles. The first kappa shape index (κ1) is 14.8. The number of piperidine rings is 1. The Labute approximate surface area is 130 Å². The molecule has 0 atom stereocenters. The molecular weight excluding hydrogens is 286 g/mol. The molecule has 5 heteroatoms. The molecule has 0 spiro atoms. The molecule has 2 aromatic rings. The summed E-state index contributed by atoms with van der Waals surface area (Å²) in [6.07, 6.45) is 2.50. The topological polar surface area (TPSA) is 39.1 Å². The van der Waals surface area contributed by atoms with Gasteiger partial charge in [-0.3, -0.25) is 0 Å². The van der Waals surface area contributed by atoms with E-state index in [9.17, 15) is 0 Å².